The van der Waals surface area contributed by atoms with Crippen molar-refractivity contribution in [3.63, 3.8) is 0 Å². The van der Waals surface area contributed by atoms with Crippen molar-refractivity contribution >= 4 is 11.6 Å². The number of amides is 1. The molecule has 11 heteroatoms. The van der Waals surface area contributed by atoms with Gasteiger partial charge in [0.1, 0.15) is 23.3 Å². The summed E-state index contributed by atoms with van der Waals surface area (Å²) in [6.07, 6.45) is -1.77. The summed E-state index contributed by atoms with van der Waals surface area (Å²) in [6.45, 7) is 4.19. The van der Waals surface area contributed by atoms with Crippen molar-refractivity contribution in [1.29, 1.82) is 5.26 Å². The van der Waals surface area contributed by atoms with Gasteiger partial charge in [0.2, 0.25) is 5.91 Å². The summed E-state index contributed by atoms with van der Waals surface area (Å²) in [5.41, 5.74) is -0.710. The minimum atomic E-state index is -4.57. The van der Waals surface area contributed by atoms with Crippen LogP contribution in [0.3, 0.4) is 0 Å². The summed E-state index contributed by atoms with van der Waals surface area (Å²) in [6, 6.07) is 13.3. The van der Waals surface area contributed by atoms with E-state index in [1.165, 1.54) is 18.3 Å². The SMILES string of the molecule is CCOc1ccccc1-c1ncc(C2(C(=O)NC3CCNC3)CCN(c3ccc(C(F)(F)F)cc3C#N)CC2)cc1F. The first-order valence-electron chi connectivity index (χ1n) is 13.9. The van der Waals surface area contributed by atoms with Gasteiger partial charge in [-0.05, 0) is 74.7 Å². The fourth-order valence-corrected chi connectivity index (χ4v) is 5.80. The van der Waals surface area contributed by atoms with Crippen molar-refractivity contribution in [2.45, 2.75) is 43.8 Å². The number of ether oxygens (including phenoxy) is 1. The summed E-state index contributed by atoms with van der Waals surface area (Å²) in [4.78, 5) is 20.2. The van der Waals surface area contributed by atoms with E-state index >= 15 is 4.39 Å². The molecular formula is C31H31F4N5O2. The van der Waals surface area contributed by atoms with Crippen molar-refractivity contribution in [1.82, 2.24) is 15.6 Å². The Morgan fingerprint density at radius 1 is 1.21 bits per heavy atom. The molecule has 0 aliphatic carbocycles. The number of piperidine rings is 1. The number of halogens is 4. The Kier molecular flexibility index (Phi) is 8.36. The van der Waals surface area contributed by atoms with Gasteiger partial charge in [-0.15, -0.1) is 0 Å². The number of carbonyl (C=O) groups excluding carboxylic acids is 1. The van der Waals surface area contributed by atoms with Crippen LogP contribution in [0.2, 0.25) is 0 Å². The van der Waals surface area contributed by atoms with E-state index in [2.05, 4.69) is 15.6 Å². The van der Waals surface area contributed by atoms with Gasteiger partial charge in [0.15, 0.2) is 0 Å². The molecule has 2 saturated heterocycles. The van der Waals surface area contributed by atoms with Crippen LogP contribution >= 0.6 is 0 Å². The average Bonchev–Trinajstić information content (AvgIpc) is 3.50. The number of nitriles is 1. The second kappa shape index (κ2) is 12.0. The lowest BCUT2D eigenvalue weighted by Crippen LogP contribution is -2.54. The Morgan fingerprint density at radius 3 is 2.62 bits per heavy atom. The zero-order valence-corrected chi connectivity index (χ0v) is 23.1. The number of aromatic nitrogens is 1. The van der Waals surface area contributed by atoms with Crippen LogP contribution in [0.5, 0.6) is 5.75 Å². The number of hydrogen-bond acceptors (Lipinski definition) is 6. The first-order chi connectivity index (χ1) is 20.2. The molecule has 42 heavy (non-hydrogen) atoms. The molecule has 2 fully saturated rings. The molecule has 0 radical (unpaired) electrons. The maximum absolute atomic E-state index is 15.7. The first kappa shape index (κ1) is 29.3. The van der Waals surface area contributed by atoms with Crippen LogP contribution < -0.4 is 20.3 Å². The van der Waals surface area contributed by atoms with Gasteiger partial charge in [-0.3, -0.25) is 9.78 Å². The molecule has 3 aromatic rings. The van der Waals surface area contributed by atoms with Crippen molar-refractivity contribution in [2.24, 2.45) is 0 Å². The van der Waals surface area contributed by atoms with E-state index in [1.807, 2.05) is 13.0 Å². The smallest absolute Gasteiger partial charge is 0.416 e. The van der Waals surface area contributed by atoms with Gasteiger partial charge >= 0.3 is 6.18 Å². The molecule has 0 bridgehead atoms. The summed E-state index contributed by atoms with van der Waals surface area (Å²) >= 11 is 0. The molecule has 1 atom stereocenters. The minimum absolute atomic E-state index is 0.0670. The van der Waals surface area contributed by atoms with Crippen molar-refractivity contribution < 1.29 is 27.1 Å². The second-order valence-electron chi connectivity index (χ2n) is 10.6. The van der Waals surface area contributed by atoms with Crippen LogP contribution in [0.4, 0.5) is 23.2 Å². The van der Waals surface area contributed by atoms with Crippen LogP contribution in [0.1, 0.15) is 42.9 Å². The molecule has 0 spiro atoms. The van der Waals surface area contributed by atoms with Gasteiger partial charge in [0.05, 0.1) is 28.8 Å². The number of rotatable bonds is 7. The van der Waals surface area contributed by atoms with Crippen LogP contribution in [0.25, 0.3) is 11.3 Å². The molecule has 220 valence electrons. The van der Waals surface area contributed by atoms with Gasteiger partial charge in [0, 0.05) is 37.4 Å². The molecular weight excluding hydrogens is 550 g/mol. The summed E-state index contributed by atoms with van der Waals surface area (Å²) in [5.74, 6) is -0.336. The van der Waals surface area contributed by atoms with Crippen molar-refractivity contribution in [2.75, 3.05) is 37.7 Å². The molecule has 7 nitrogen and oxygen atoms in total. The molecule has 1 unspecified atom stereocenters. The topological polar surface area (TPSA) is 90.3 Å². The van der Waals surface area contributed by atoms with Crippen LogP contribution in [-0.2, 0) is 16.4 Å². The summed E-state index contributed by atoms with van der Waals surface area (Å²) in [7, 11) is 0. The average molecular weight is 582 g/mol. The lowest BCUT2D eigenvalue weighted by Gasteiger charge is -2.42. The van der Waals surface area contributed by atoms with Gasteiger partial charge in [0.25, 0.3) is 0 Å². The molecule has 1 amide bonds. The fraction of sp³-hybridized carbons (Fsp3) is 0.387. The number of hydrogen-bond donors (Lipinski definition) is 2. The van der Waals surface area contributed by atoms with Gasteiger partial charge < -0.3 is 20.3 Å². The molecule has 5 rings (SSSR count). The highest BCUT2D eigenvalue weighted by Crippen LogP contribution is 2.41. The number of nitrogens with one attached hydrogen (secondary N) is 2. The number of para-hydroxylation sites is 1. The third-order valence-electron chi connectivity index (χ3n) is 8.07. The Hall–Kier alpha value is -4.17. The Morgan fingerprint density at radius 2 is 1.98 bits per heavy atom. The third-order valence-corrected chi connectivity index (χ3v) is 8.07. The Labute approximate surface area is 241 Å². The van der Waals surface area contributed by atoms with E-state index in [1.54, 1.807) is 29.2 Å². The van der Waals surface area contributed by atoms with E-state index in [4.69, 9.17) is 4.74 Å². The molecule has 2 aliphatic heterocycles. The molecule has 2 aromatic carbocycles. The number of benzene rings is 2. The fourth-order valence-electron chi connectivity index (χ4n) is 5.80. The zero-order valence-electron chi connectivity index (χ0n) is 23.1. The predicted octanol–water partition coefficient (Wildman–Crippen LogP) is 5.19. The molecule has 3 heterocycles. The Balaban J connectivity index is 1.47. The maximum Gasteiger partial charge on any atom is 0.416 e. The number of pyridine rings is 1. The largest absolute Gasteiger partial charge is 0.493 e. The van der Waals surface area contributed by atoms with Gasteiger partial charge in [-0.1, -0.05) is 12.1 Å². The quantitative estimate of drug-likeness (QED) is 0.373. The maximum atomic E-state index is 15.7. The third kappa shape index (κ3) is 5.77. The minimum Gasteiger partial charge on any atom is -0.493 e. The highest BCUT2D eigenvalue weighted by atomic mass is 19.4. The second-order valence-corrected chi connectivity index (χ2v) is 10.6. The highest BCUT2D eigenvalue weighted by Gasteiger charge is 2.45. The predicted molar refractivity (Wildman–Crippen MR) is 150 cm³/mol. The number of alkyl halides is 3. The lowest BCUT2D eigenvalue weighted by molar-refractivity contribution is -0.137. The summed E-state index contributed by atoms with van der Waals surface area (Å²) < 4.78 is 61.1. The lowest BCUT2D eigenvalue weighted by atomic mass is 9.72. The van der Waals surface area contributed by atoms with Gasteiger partial charge in [-0.25, -0.2) is 4.39 Å². The highest BCUT2D eigenvalue weighted by molar-refractivity contribution is 5.89. The normalized spacial score (nSPS) is 18.4. The van der Waals surface area contributed by atoms with Gasteiger partial charge in [-0.2, -0.15) is 18.4 Å². The van der Waals surface area contributed by atoms with Crippen molar-refractivity contribution in [3.8, 4) is 23.1 Å². The molecule has 2 N–H and O–H groups in total. The van der Waals surface area contributed by atoms with E-state index in [-0.39, 0.29) is 49.1 Å². The van der Waals surface area contributed by atoms with E-state index in [9.17, 15) is 23.2 Å². The monoisotopic (exact) mass is 581 g/mol. The van der Waals surface area contributed by atoms with E-state index < -0.39 is 23.0 Å². The number of anilines is 1. The van der Waals surface area contributed by atoms with E-state index in [0.717, 1.165) is 25.1 Å². The van der Waals surface area contributed by atoms with E-state index in [0.29, 0.717) is 35.7 Å². The summed E-state index contributed by atoms with van der Waals surface area (Å²) in [5, 5.41) is 15.9. The van der Waals surface area contributed by atoms with Crippen molar-refractivity contribution in [3.05, 3.63) is 77.2 Å². The molecule has 1 aromatic heterocycles. The first-order valence-corrected chi connectivity index (χ1v) is 13.9. The molecule has 2 aliphatic rings. The molecule has 0 saturated carbocycles. The number of carbonyl (C=O) groups is 1. The zero-order chi connectivity index (χ0) is 29.9. The number of nitrogens with zero attached hydrogens (tertiary/aromatic N) is 3. The van der Waals surface area contributed by atoms with Crippen LogP contribution in [0.15, 0.2) is 54.7 Å². The Bertz CT molecular complexity index is 1490. The standard InChI is InChI=1S/C31H31F4N5O2/c1-2-42-27-6-4-3-5-24(27)28-25(32)16-22(18-38-28)30(29(41)39-23-9-12-37-19-23)10-13-40(14-11-30)26-8-7-21(31(33,34)35)15-20(26)17-36/h3-8,15-16,18,23,37H,2,9-14,19H2,1H3,(H,39,41). The van der Waals surface area contributed by atoms with Crippen LogP contribution in [-0.4, -0.2) is 49.7 Å². The van der Waals surface area contributed by atoms with Crippen LogP contribution in [0, 0.1) is 17.1 Å².